The smallest absolute Gasteiger partial charge is 0.303 e. The average molecular weight is 219 g/mol. The standard InChI is InChI=1S/C12H13NO3/c1-7-2-3-9-8(6-12(14)15)5-11(13-16)10(9)4-7/h2-4,8,16H,5-6H2,1H3,(H,14,15)/b13-11-. The van der Waals surface area contributed by atoms with Crippen molar-refractivity contribution in [2.24, 2.45) is 5.16 Å². The lowest BCUT2D eigenvalue weighted by atomic mass is 9.97. The molecule has 1 aliphatic carbocycles. The van der Waals surface area contributed by atoms with Crippen molar-refractivity contribution in [3.63, 3.8) is 0 Å². The Balaban J connectivity index is 2.42. The maximum Gasteiger partial charge on any atom is 0.303 e. The molecule has 1 aromatic rings. The first-order valence-corrected chi connectivity index (χ1v) is 5.15. The minimum atomic E-state index is -0.823. The molecular formula is C12H13NO3. The first kappa shape index (κ1) is 10.7. The summed E-state index contributed by atoms with van der Waals surface area (Å²) in [5.74, 6) is -0.894. The molecule has 84 valence electrons. The molecule has 0 heterocycles. The number of aliphatic carboxylic acids is 1. The fourth-order valence-corrected chi connectivity index (χ4v) is 2.22. The molecule has 0 spiro atoms. The molecule has 1 aliphatic rings. The van der Waals surface area contributed by atoms with Crippen molar-refractivity contribution in [1.29, 1.82) is 0 Å². The van der Waals surface area contributed by atoms with Crippen molar-refractivity contribution < 1.29 is 15.1 Å². The highest BCUT2D eigenvalue weighted by atomic mass is 16.4. The van der Waals surface area contributed by atoms with Gasteiger partial charge in [-0.2, -0.15) is 0 Å². The SMILES string of the molecule is Cc1ccc2c(c1)/C(=N\O)CC2CC(=O)O. The van der Waals surface area contributed by atoms with Crippen LogP contribution in [-0.4, -0.2) is 22.0 Å². The highest BCUT2D eigenvalue weighted by Crippen LogP contribution is 2.36. The van der Waals surface area contributed by atoms with Gasteiger partial charge in [-0.3, -0.25) is 4.79 Å². The normalized spacial score (nSPS) is 21.1. The van der Waals surface area contributed by atoms with Gasteiger partial charge in [-0.25, -0.2) is 0 Å². The average Bonchev–Trinajstić information content (AvgIpc) is 2.55. The van der Waals surface area contributed by atoms with E-state index in [-0.39, 0.29) is 12.3 Å². The van der Waals surface area contributed by atoms with Crippen LogP contribution < -0.4 is 0 Å². The molecule has 1 atom stereocenters. The molecule has 4 heteroatoms. The van der Waals surface area contributed by atoms with Gasteiger partial charge in [0.05, 0.1) is 12.1 Å². The molecule has 2 N–H and O–H groups in total. The molecule has 1 unspecified atom stereocenters. The fourth-order valence-electron chi connectivity index (χ4n) is 2.22. The monoisotopic (exact) mass is 219 g/mol. The van der Waals surface area contributed by atoms with Crippen LogP contribution in [-0.2, 0) is 4.79 Å². The number of carboxylic acids is 1. The number of carboxylic acid groups (broad SMARTS) is 1. The lowest BCUT2D eigenvalue weighted by Gasteiger charge is -2.07. The number of carbonyl (C=O) groups is 1. The Labute approximate surface area is 93.2 Å². The van der Waals surface area contributed by atoms with Crippen LogP contribution in [0.25, 0.3) is 0 Å². The third kappa shape index (κ3) is 1.78. The van der Waals surface area contributed by atoms with E-state index in [0.29, 0.717) is 12.1 Å². The van der Waals surface area contributed by atoms with Crippen LogP contribution in [0.4, 0.5) is 0 Å². The summed E-state index contributed by atoms with van der Waals surface area (Å²) in [4.78, 5) is 10.7. The highest BCUT2D eigenvalue weighted by Gasteiger charge is 2.29. The van der Waals surface area contributed by atoms with Crippen LogP contribution in [0.1, 0.15) is 35.4 Å². The summed E-state index contributed by atoms with van der Waals surface area (Å²) in [6.07, 6.45) is 0.580. The molecule has 0 fully saturated rings. The van der Waals surface area contributed by atoms with Crippen molar-refractivity contribution in [2.45, 2.75) is 25.7 Å². The predicted molar refractivity (Wildman–Crippen MR) is 59.1 cm³/mol. The third-order valence-electron chi connectivity index (χ3n) is 2.94. The van der Waals surface area contributed by atoms with E-state index in [1.807, 2.05) is 25.1 Å². The molecule has 1 aromatic carbocycles. The van der Waals surface area contributed by atoms with Gasteiger partial charge in [0.2, 0.25) is 0 Å². The minimum Gasteiger partial charge on any atom is -0.481 e. The zero-order chi connectivity index (χ0) is 11.7. The summed E-state index contributed by atoms with van der Waals surface area (Å²) in [7, 11) is 0. The zero-order valence-electron chi connectivity index (χ0n) is 8.97. The summed E-state index contributed by atoms with van der Waals surface area (Å²) < 4.78 is 0. The quantitative estimate of drug-likeness (QED) is 0.591. The van der Waals surface area contributed by atoms with E-state index >= 15 is 0 Å². The van der Waals surface area contributed by atoms with Crippen LogP contribution in [0, 0.1) is 6.92 Å². The van der Waals surface area contributed by atoms with E-state index in [2.05, 4.69) is 5.16 Å². The summed E-state index contributed by atoms with van der Waals surface area (Å²) in [5.41, 5.74) is 3.52. The fraction of sp³-hybridized carbons (Fsp3) is 0.333. The maximum atomic E-state index is 10.7. The Morgan fingerprint density at radius 2 is 2.31 bits per heavy atom. The van der Waals surface area contributed by atoms with Gasteiger partial charge >= 0.3 is 5.97 Å². The van der Waals surface area contributed by atoms with Crippen LogP contribution in [0.3, 0.4) is 0 Å². The van der Waals surface area contributed by atoms with Gasteiger partial charge in [0.1, 0.15) is 0 Å². The summed E-state index contributed by atoms with van der Waals surface area (Å²) in [6.45, 7) is 1.96. The van der Waals surface area contributed by atoms with E-state index in [1.54, 1.807) is 0 Å². The van der Waals surface area contributed by atoms with Crippen LogP contribution >= 0.6 is 0 Å². The highest BCUT2D eigenvalue weighted by molar-refractivity contribution is 6.05. The molecule has 2 rings (SSSR count). The van der Waals surface area contributed by atoms with Crippen molar-refractivity contribution in [2.75, 3.05) is 0 Å². The summed E-state index contributed by atoms with van der Waals surface area (Å²) in [5, 5.41) is 21.0. The van der Waals surface area contributed by atoms with Crippen LogP contribution in [0.5, 0.6) is 0 Å². The van der Waals surface area contributed by atoms with Gasteiger partial charge in [-0.1, -0.05) is 22.9 Å². The van der Waals surface area contributed by atoms with Crippen molar-refractivity contribution in [1.82, 2.24) is 0 Å². The number of nitrogens with zero attached hydrogens (tertiary/aromatic N) is 1. The van der Waals surface area contributed by atoms with E-state index in [9.17, 15) is 4.79 Å². The maximum absolute atomic E-state index is 10.7. The number of benzene rings is 1. The number of hydrogen-bond acceptors (Lipinski definition) is 3. The second kappa shape index (κ2) is 3.96. The molecule has 16 heavy (non-hydrogen) atoms. The summed E-state index contributed by atoms with van der Waals surface area (Å²) >= 11 is 0. The van der Waals surface area contributed by atoms with Gasteiger partial charge in [-0.05, 0) is 18.6 Å². The number of hydrogen-bond donors (Lipinski definition) is 2. The third-order valence-corrected chi connectivity index (χ3v) is 2.94. The van der Waals surface area contributed by atoms with Gasteiger partial charge in [0, 0.05) is 17.9 Å². The van der Waals surface area contributed by atoms with E-state index in [4.69, 9.17) is 10.3 Å². The second-order valence-electron chi connectivity index (χ2n) is 4.14. The van der Waals surface area contributed by atoms with Crippen LogP contribution in [0.15, 0.2) is 23.4 Å². The first-order valence-electron chi connectivity index (χ1n) is 5.15. The first-order chi connectivity index (χ1) is 7.61. The topological polar surface area (TPSA) is 69.9 Å². The lowest BCUT2D eigenvalue weighted by Crippen LogP contribution is -2.03. The molecule has 0 radical (unpaired) electrons. The number of rotatable bonds is 2. The van der Waals surface area contributed by atoms with Gasteiger partial charge in [0.15, 0.2) is 0 Å². The van der Waals surface area contributed by atoms with Gasteiger partial charge in [-0.15, -0.1) is 0 Å². The van der Waals surface area contributed by atoms with Gasteiger partial charge < -0.3 is 10.3 Å². The Bertz CT molecular complexity index is 465. The molecule has 0 saturated heterocycles. The summed E-state index contributed by atoms with van der Waals surface area (Å²) in [6, 6.07) is 5.82. The second-order valence-corrected chi connectivity index (χ2v) is 4.14. The molecule has 0 aromatic heterocycles. The number of oxime groups is 1. The Morgan fingerprint density at radius 1 is 1.56 bits per heavy atom. The molecule has 4 nitrogen and oxygen atoms in total. The largest absolute Gasteiger partial charge is 0.481 e. The Hall–Kier alpha value is -1.84. The van der Waals surface area contributed by atoms with E-state index in [0.717, 1.165) is 16.7 Å². The van der Waals surface area contributed by atoms with Crippen molar-refractivity contribution in [3.8, 4) is 0 Å². The van der Waals surface area contributed by atoms with Crippen molar-refractivity contribution >= 4 is 11.7 Å². The van der Waals surface area contributed by atoms with Gasteiger partial charge in [0.25, 0.3) is 0 Å². The number of aryl methyl sites for hydroxylation is 1. The molecule has 0 amide bonds. The molecule has 0 aliphatic heterocycles. The molecular weight excluding hydrogens is 206 g/mol. The Kier molecular flexibility index (Phi) is 2.64. The zero-order valence-corrected chi connectivity index (χ0v) is 8.97. The Morgan fingerprint density at radius 3 is 2.94 bits per heavy atom. The minimum absolute atomic E-state index is 0.0704. The van der Waals surface area contributed by atoms with E-state index < -0.39 is 5.97 Å². The van der Waals surface area contributed by atoms with Crippen molar-refractivity contribution in [3.05, 3.63) is 34.9 Å². The lowest BCUT2D eigenvalue weighted by molar-refractivity contribution is -0.137. The molecule has 0 bridgehead atoms. The van der Waals surface area contributed by atoms with Crippen LogP contribution in [0.2, 0.25) is 0 Å². The van der Waals surface area contributed by atoms with E-state index in [1.165, 1.54) is 0 Å². The number of fused-ring (bicyclic) bond motifs is 1. The molecule has 0 saturated carbocycles. The predicted octanol–water partition coefficient (Wildman–Crippen LogP) is 2.14.